The Balaban J connectivity index is 1.76. The number of hydrogen-bond donors (Lipinski definition) is 1. The molecule has 1 atom stereocenters. The van der Waals surface area contributed by atoms with E-state index in [1.54, 1.807) is 0 Å². The van der Waals surface area contributed by atoms with Crippen LogP contribution in [0.15, 0.2) is 0 Å². The number of carboxylic acid groups (broad SMARTS) is 1. The van der Waals surface area contributed by atoms with Gasteiger partial charge in [0.15, 0.2) is 0 Å². The SMILES string of the molecule is CN1CCC2(CC1)CC2CCC(=O)O. The zero-order valence-electron chi connectivity index (χ0n) is 8.83. The van der Waals surface area contributed by atoms with E-state index < -0.39 is 5.97 Å². The minimum absolute atomic E-state index is 0.363. The molecule has 1 spiro atoms. The van der Waals surface area contributed by atoms with E-state index in [0.717, 1.165) is 6.42 Å². The van der Waals surface area contributed by atoms with Gasteiger partial charge in [-0.05, 0) is 57.2 Å². The van der Waals surface area contributed by atoms with Gasteiger partial charge < -0.3 is 10.0 Å². The Hall–Kier alpha value is -0.570. The lowest BCUT2D eigenvalue weighted by Gasteiger charge is -2.30. The molecule has 0 amide bonds. The fourth-order valence-corrected chi connectivity index (χ4v) is 2.81. The number of hydrogen-bond acceptors (Lipinski definition) is 2. The number of carbonyl (C=O) groups is 1. The maximum Gasteiger partial charge on any atom is 0.303 e. The van der Waals surface area contributed by atoms with E-state index in [-0.39, 0.29) is 0 Å². The van der Waals surface area contributed by atoms with Gasteiger partial charge >= 0.3 is 5.97 Å². The molecule has 0 bridgehead atoms. The van der Waals surface area contributed by atoms with E-state index in [0.29, 0.717) is 17.8 Å². The predicted molar refractivity (Wildman–Crippen MR) is 54.1 cm³/mol. The highest BCUT2D eigenvalue weighted by Gasteiger charge is 2.53. The summed E-state index contributed by atoms with van der Waals surface area (Å²) in [5.41, 5.74) is 0.558. The zero-order valence-corrected chi connectivity index (χ0v) is 8.83. The lowest BCUT2D eigenvalue weighted by molar-refractivity contribution is -0.137. The average Bonchev–Trinajstić information content (AvgIpc) is 2.82. The summed E-state index contributed by atoms with van der Waals surface area (Å²) in [6, 6.07) is 0. The van der Waals surface area contributed by atoms with E-state index in [9.17, 15) is 4.79 Å². The van der Waals surface area contributed by atoms with E-state index in [1.165, 1.54) is 32.4 Å². The van der Waals surface area contributed by atoms with Crippen LogP contribution in [0.5, 0.6) is 0 Å². The van der Waals surface area contributed by atoms with Crippen molar-refractivity contribution in [3.05, 3.63) is 0 Å². The van der Waals surface area contributed by atoms with Gasteiger partial charge in [-0.2, -0.15) is 0 Å². The second kappa shape index (κ2) is 3.54. The molecular weight excluding hydrogens is 178 g/mol. The third-order valence-electron chi connectivity index (χ3n) is 4.05. The second-order valence-corrected chi connectivity index (χ2v) is 5.00. The van der Waals surface area contributed by atoms with Gasteiger partial charge in [-0.15, -0.1) is 0 Å². The summed E-state index contributed by atoms with van der Waals surface area (Å²) in [5.74, 6) is 0.0762. The first-order chi connectivity index (χ1) is 6.62. The summed E-state index contributed by atoms with van der Waals surface area (Å²) < 4.78 is 0. The van der Waals surface area contributed by atoms with Gasteiger partial charge in [0.05, 0.1) is 0 Å². The number of nitrogens with zero attached hydrogens (tertiary/aromatic N) is 1. The van der Waals surface area contributed by atoms with Crippen LogP contribution in [0.1, 0.15) is 32.1 Å². The Morgan fingerprint density at radius 3 is 2.71 bits per heavy atom. The summed E-state index contributed by atoms with van der Waals surface area (Å²) in [5, 5.41) is 8.61. The van der Waals surface area contributed by atoms with E-state index >= 15 is 0 Å². The Kier molecular flexibility index (Phi) is 2.52. The van der Waals surface area contributed by atoms with Crippen LogP contribution in [0.2, 0.25) is 0 Å². The van der Waals surface area contributed by atoms with Crippen LogP contribution < -0.4 is 0 Å². The van der Waals surface area contributed by atoms with Crippen molar-refractivity contribution in [3.8, 4) is 0 Å². The van der Waals surface area contributed by atoms with Gasteiger partial charge in [0.2, 0.25) is 0 Å². The van der Waals surface area contributed by atoms with Crippen LogP contribution >= 0.6 is 0 Å². The Labute approximate surface area is 85.1 Å². The minimum atomic E-state index is -0.639. The first-order valence-electron chi connectivity index (χ1n) is 5.53. The van der Waals surface area contributed by atoms with Crippen molar-refractivity contribution in [2.24, 2.45) is 11.3 Å². The molecule has 0 aromatic rings. The highest BCUT2D eigenvalue weighted by Crippen LogP contribution is 2.61. The zero-order chi connectivity index (χ0) is 10.2. The number of likely N-dealkylation sites (tertiary alicyclic amines) is 1. The molecular formula is C11H19NO2. The standard InChI is InChI=1S/C11H19NO2/c1-12-6-4-11(5-7-12)8-9(11)2-3-10(13)14/h9H,2-8H2,1H3,(H,13,14). The third-order valence-corrected chi connectivity index (χ3v) is 4.05. The lowest BCUT2D eigenvalue weighted by Crippen LogP contribution is -2.31. The Morgan fingerprint density at radius 2 is 2.14 bits per heavy atom. The van der Waals surface area contributed by atoms with Gasteiger partial charge in [0, 0.05) is 6.42 Å². The van der Waals surface area contributed by atoms with Crippen LogP contribution in [-0.4, -0.2) is 36.1 Å². The molecule has 2 rings (SSSR count). The number of carboxylic acids is 1. The lowest BCUT2D eigenvalue weighted by atomic mass is 9.90. The number of rotatable bonds is 3. The summed E-state index contributed by atoms with van der Waals surface area (Å²) in [7, 11) is 2.17. The highest BCUT2D eigenvalue weighted by atomic mass is 16.4. The molecule has 1 saturated carbocycles. The monoisotopic (exact) mass is 197 g/mol. The van der Waals surface area contributed by atoms with Crippen molar-refractivity contribution in [1.82, 2.24) is 4.90 Å². The van der Waals surface area contributed by atoms with Crippen molar-refractivity contribution >= 4 is 5.97 Å². The van der Waals surface area contributed by atoms with Gasteiger partial charge in [-0.1, -0.05) is 0 Å². The molecule has 1 N–H and O–H groups in total. The molecule has 1 heterocycles. The van der Waals surface area contributed by atoms with Gasteiger partial charge in [0.1, 0.15) is 0 Å². The largest absolute Gasteiger partial charge is 0.481 e. The molecule has 80 valence electrons. The molecule has 1 unspecified atom stereocenters. The molecule has 0 aromatic heterocycles. The molecule has 1 aliphatic heterocycles. The first kappa shape index (κ1) is 9.97. The summed E-state index contributed by atoms with van der Waals surface area (Å²) in [4.78, 5) is 12.8. The quantitative estimate of drug-likeness (QED) is 0.746. The fraction of sp³-hybridized carbons (Fsp3) is 0.909. The fourth-order valence-electron chi connectivity index (χ4n) is 2.81. The van der Waals surface area contributed by atoms with Crippen molar-refractivity contribution in [3.63, 3.8) is 0 Å². The van der Waals surface area contributed by atoms with Gasteiger partial charge in [0.25, 0.3) is 0 Å². The topological polar surface area (TPSA) is 40.5 Å². The smallest absolute Gasteiger partial charge is 0.303 e. The normalized spacial score (nSPS) is 30.5. The van der Waals surface area contributed by atoms with Crippen molar-refractivity contribution in [2.75, 3.05) is 20.1 Å². The van der Waals surface area contributed by atoms with Gasteiger partial charge in [-0.3, -0.25) is 4.79 Å². The minimum Gasteiger partial charge on any atom is -0.481 e. The molecule has 2 fully saturated rings. The highest BCUT2D eigenvalue weighted by molar-refractivity contribution is 5.66. The molecule has 0 radical (unpaired) electrons. The maximum absolute atomic E-state index is 10.4. The number of piperidine rings is 1. The molecule has 14 heavy (non-hydrogen) atoms. The predicted octanol–water partition coefficient (Wildman–Crippen LogP) is 1.58. The Bertz CT molecular complexity index is 231. The first-order valence-corrected chi connectivity index (χ1v) is 5.53. The summed E-state index contributed by atoms with van der Waals surface area (Å²) in [6.45, 7) is 2.40. The Morgan fingerprint density at radius 1 is 1.50 bits per heavy atom. The molecule has 1 aliphatic carbocycles. The van der Waals surface area contributed by atoms with Crippen LogP contribution in [0.3, 0.4) is 0 Å². The van der Waals surface area contributed by atoms with Crippen LogP contribution in [-0.2, 0) is 4.79 Å². The third kappa shape index (κ3) is 1.92. The molecule has 3 heteroatoms. The van der Waals surface area contributed by atoms with E-state index in [1.807, 2.05) is 0 Å². The molecule has 2 aliphatic rings. The number of aliphatic carboxylic acids is 1. The maximum atomic E-state index is 10.4. The molecule has 3 nitrogen and oxygen atoms in total. The van der Waals surface area contributed by atoms with Crippen LogP contribution in [0.25, 0.3) is 0 Å². The second-order valence-electron chi connectivity index (χ2n) is 5.00. The molecule has 1 saturated heterocycles. The van der Waals surface area contributed by atoms with Crippen LogP contribution in [0.4, 0.5) is 0 Å². The van der Waals surface area contributed by atoms with Crippen LogP contribution in [0, 0.1) is 11.3 Å². The van der Waals surface area contributed by atoms with Crippen molar-refractivity contribution in [2.45, 2.75) is 32.1 Å². The van der Waals surface area contributed by atoms with Gasteiger partial charge in [-0.25, -0.2) is 0 Å². The van der Waals surface area contributed by atoms with Crippen molar-refractivity contribution in [1.29, 1.82) is 0 Å². The van der Waals surface area contributed by atoms with E-state index in [4.69, 9.17) is 5.11 Å². The van der Waals surface area contributed by atoms with E-state index in [2.05, 4.69) is 11.9 Å². The molecule has 0 aromatic carbocycles. The summed E-state index contributed by atoms with van der Waals surface area (Å²) >= 11 is 0. The average molecular weight is 197 g/mol. The van der Waals surface area contributed by atoms with Crippen molar-refractivity contribution < 1.29 is 9.90 Å². The summed E-state index contributed by atoms with van der Waals surface area (Å²) in [6.07, 6.45) is 5.12.